The number of dihydropyridines is 1. The van der Waals surface area contributed by atoms with Crippen molar-refractivity contribution in [1.82, 2.24) is 0 Å². The van der Waals surface area contributed by atoms with E-state index in [1.807, 2.05) is 19.1 Å². The van der Waals surface area contributed by atoms with Gasteiger partial charge in [0.2, 0.25) is 0 Å². The molecule has 2 aliphatic heterocycles. The zero-order chi connectivity index (χ0) is 14.3. The molecule has 2 unspecified atom stereocenters. The van der Waals surface area contributed by atoms with E-state index in [2.05, 4.69) is 4.99 Å². The van der Waals surface area contributed by atoms with Gasteiger partial charge in [0.05, 0.1) is 16.2 Å². The van der Waals surface area contributed by atoms with Gasteiger partial charge in [-0.2, -0.15) is 5.26 Å². The zero-order valence-electron chi connectivity index (χ0n) is 10.8. The molecule has 0 saturated carbocycles. The van der Waals surface area contributed by atoms with Crippen LogP contribution in [0.25, 0.3) is 0 Å². The number of halogens is 1. The summed E-state index contributed by atoms with van der Waals surface area (Å²) in [5.41, 5.74) is 2.89. The minimum Gasteiger partial charge on any atom is -0.454 e. The molecule has 0 saturated heterocycles. The van der Waals surface area contributed by atoms with Crippen LogP contribution in [0, 0.1) is 11.3 Å². The number of cyclic esters (lactones) is 1. The van der Waals surface area contributed by atoms with Gasteiger partial charge in [-0.25, -0.2) is 4.79 Å². The summed E-state index contributed by atoms with van der Waals surface area (Å²) >= 11 is 6.08. The smallest absolute Gasteiger partial charge is 0.340 e. The number of rotatable bonds is 1. The predicted molar refractivity (Wildman–Crippen MR) is 74.8 cm³/mol. The number of benzene rings is 1. The number of carbonyl (C=O) groups is 1. The second kappa shape index (κ2) is 4.77. The third kappa shape index (κ3) is 1.91. The largest absolute Gasteiger partial charge is 0.454 e. The van der Waals surface area contributed by atoms with Gasteiger partial charge >= 0.3 is 5.97 Å². The van der Waals surface area contributed by atoms with E-state index < -0.39 is 0 Å². The summed E-state index contributed by atoms with van der Waals surface area (Å²) in [5, 5.41) is 9.33. The van der Waals surface area contributed by atoms with Crippen LogP contribution in [0.5, 0.6) is 0 Å². The van der Waals surface area contributed by atoms with Crippen molar-refractivity contribution in [3.05, 3.63) is 45.5 Å². The summed E-state index contributed by atoms with van der Waals surface area (Å²) in [6.07, 6.45) is 1.34. The molecule has 3 rings (SSSR count). The van der Waals surface area contributed by atoms with Gasteiger partial charge in [-0.1, -0.05) is 17.7 Å². The average molecular weight is 287 g/mol. The lowest BCUT2D eigenvalue weighted by molar-refractivity contribution is -0.138. The average Bonchev–Trinajstić information content (AvgIpc) is 2.74. The van der Waals surface area contributed by atoms with Gasteiger partial charge in [-0.05, 0) is 30.2 Å². The van der Waals surface area contributed by atoms with Crippen LogP contribution >= 0.6 is 11.6 Å². The summed E-state index contributed by atoms with van der Waals surface area (Å²) < 4.78 is 5.25. The van der Waals surface area contributed by atoms with E-state index in [-0.39, 0.29) is 18.0 Å². The number of aliphatic imine (C=N–C) groups is 1. The minimum absolute atomic E-state index is 0.0262. The van der Waals surface area contributed by atoms with Crippen molar-refractivity contribution in [2.45, 2.75) is 18.9 Å². The van der Waals surface area contributed by atoms with Gasteiger partial charge < -0.3 is 4.74 Å². The molecule has 4 nitrogen and oxygen atoms in total. The number of nitrogens with zero attached hydrogens (tertiary/aromatic N) is 2. The summed E-state index contributed by atoms with van der Waals surface area (Å²) in [6, 6.07) is 7.35. The molecule has 0 bridgehead atoms. The lowest BCUT2D eigenvalue weighted by Crippen LogP contribution is -2.18. The van der Waals surface area contributed by atoms with Crippen molar-refractivity contribution < 1.29 is 9.53 Å². The van der Waals surface area contributed by atoms with E-state index in [0.29, 0.717) is 22.7 Å². The third-order valence-electron chi connectivity index (χ3n) is 3.65. The summed E-state index contributed by atoms with van der Waals surface area (Å²) in [6.45, 7) is 2.42. The Labute approximate surface area is 121 Å². The molecule has 0 aliphatic carbocycles. The first-order valence-electron chi connectivity index (χ1n) is 6.26. The molecule has 100 valence electrons. The van der Waals surface area contributed by atoms with Gasteiger partial charge in [-0.3, -0.25) is 4.99 Å². The van der Waals surface area contributed by atoms with Crippen LogP contribution in [0.2, 0.25) is 5.02 Å². The van der Waals surface area contributed by atoms with Gasteiger partial charge in [0.15, 0.2) is 0 Å². The van der Waals surface area contributed by atoms with Crippen molar-refractivity contribution in [3.8, 4) is 6.07 Å². The van der Waals surface area contributed by atoms with Crippen LogP contribution in [0.3, 0.4) is 0 Å². The minimum atomic E-state index is -0.319. The maximum absolute atomic E-state index is 11.7. The Morgan fingerprint density at radius 2 is 2.30 bits per heavy atom. The molecule has 5 heteroatoms. The molecule has 2 heterocycles. The molecule has 0 N–H and O–H groups in total. The van der Waals surface area contributed by atoms with E-state index in [9.17, 15) is 4.79 Å². The Morgan fingerprint density at radius 1 is 1.50 bits per heavy atom. The molecule has 0 amide bonds. The molecule has 0 aromatic heterocycles. The van der Waals surface area contributed by atoms with Crippen molar-refractivity contribution in [3.63, 3.8) is 0 Å². The van der Waals surface area contributed by atoms with Crippen LogP contribution in [-0.2, 0) is 9.53 Å². The maximum Gasteiger partial charge on any atom is 0.340 e. The lowest BCUT2D eigenvalue weighted by atomic mass is 9.84. The molecule has 0 radical (unpaired) electrons. The van der Waals surface area contributed by atoms with Crippen molar-refractivity contribution >= 4 is 23.8 Å². The molecule has 0 spiro atoms. The summed E-state index contributed by atoms with van der Waals surface area (Å²) in [7, 11) is 0. The first-order valence-corrected chi connectivity index (χ1v) is 6.64. The Bertz CT molecular complexity index is 700. The van der Waals surface area contributed by atoms with Crippen molar-refractivity contribution in [2.24, 2.45) is 4.99 Å². The molecule has 1 aromatic carbocycles. The fourth-order valence-corrected chi connectivity index (χ4v) is 2.93. The fraction of sp³-hybridized carbons (Fsp3) is 0.267. The highest BCUT2D eigenvalue weighted by atomic mass is 35.5. The van der Waals surface area contributed by atoms with Gasteiger partial charge in [0.25, 0.3) is 0 Å². The van der Waals surface area contributed by atoms with Gasteiger partial charge in [0, 0.05) is 18.7 Å². The number of carbonyl (C=O) groups excluding carboxylic acids is 1. The molecule has 0 fully saturated rings. The van der Waals surface area contributed by atoms with E-state index in [0.717, 1.165) is 11.1 Å². The second-order valence-electron chi connectivity index (χ2n) is 4.81. The van der Waals surface area contributed by atoms with Crippen molar-refractivity contribution in [1.29, 1.82) is 5.26 Å². The monoisotopic (exact) mass is 286 g/mol. The number of hydrogen-bond acceptors (Lipinski definition) is 4. The predicted octanol–water partition coefficient (Wildman–Crippen LogP) is 2.62. The van der Waals surface area contributed by atoms with Crippen LogP contribution in [0.1, 0.15) is 24.0 Å². The molecule has 1 aromatic rings. The molecule has 2 atom stereocenters. The first kappa shape index (κ1) is 12.9. The number of ether oxygens (including phenoxy) is 1. The van der Waals surface area contributed by atoms with Crippen LogP contribution in [0.15, 0.2) is 34.3 Å². The SMILES string of the molecule is CC1OC(=O)C2=C1C(c1ccc(C#N)c(Cl)c1)CN=C2. The topological polar surface area (TPSA) is 62.5 Å². The Kier molecular flexibility index (Phi) is 3.07. The highest BCUT2D eigenvalue weighted by Crippen LogP contribution is 2.38. The highest BCUT2D eigenvalue weighted by molar-refractivity contribution is 6.31. The second-order valence-corrected chi connectivity index (χ2v) is 5.22. The zero-order valence-corrected chi connectivity index (χ0v) is 11.5. The fourth-order valence-electron chi connectivity index (χ4n) is 2.69. The lowest BCUT2D eigenvalue weighted by Gasteiger charge is -2.22. The number of hydrogen-bond donors (Lipinski definition) is 0. The van der Waals surface area contributed by atoms with Crippen molar-refractivity contribution in [2.75, 3.05) is 6.54 Å². The van der Waals surface area contributed by atoms with Crippen LogP contribution < -0.4 is 0 Å². The normalized spacial score (nSPS) is 24.4. The Hall–Kier alpha value is -2.12. The van der Waals surface area contributed by atoms with E-state index >= 15 is 0 Å². The maximum atomic E-state index is 11.7. The summed E-state index contributed by atoms with van der Waals surface area (Å²) in [4.78, 5) is 16.0. The number of esters is 1. The van der Waals surface area contributed by atoms with Crippen LogP contribution in [0.4, 0.5) is 0 Å². The van der Waals surface area contributed by atoms with E-state index in [1.54, 1.807) is 18.3 Å². The standard InChI is InChI=1S/C15H11ClN2O2/c1-8-14-11(6-18-7-12(14)15(19)20-8)9-2-3-10(5-17)13(16)4-9/h2-4,7-8,11H,6H2,1H3. The van der Waals surface area contributed by atoms with Gasteiger partial charge in [-0.15, -0.1) is 0 Å². The summed E-state index contributed by atoms with van der Waals surface area (Å²) in [5.74, 6) is -0.345. The molecule has 20 heavy (non-hydrogen) atoms. The molecular weight excluding hydrogens is 276 g/mol. The first-order chi connectivity index (χ1) is 9.61. The Morgan fingerprint density at radius 3 is 3.00 bits per heavy atom. The Balaban J connectivity index is 2.05. The van der Waals surface area contributed by atoms with E-state index in [4.69, 9.17) is 21.6 Å². The third-order valence-corrected chi connectivity index (χ3v) is 3.97. The van der Waals surface area contributed by atoms with Gasteiger partial charge in [0.1, 0.15) is 12.2 Å². The van der Waals surface area contributed by atoms with E-state index in [1.165, 1.54) is 0 Å². The molecular formula is C15H11ClN2O2. The molecule has 2 aliphatic rings. The van der Waals surface area contributed by atoms with Crippen LogP contribution in [-0.4, -0.2) is 24.8 Å². The number of nitriles is 1. The quantitative estimate of drug-likeness (QED) is 0.746. The highest BCUT2D eigenvalue weighted by Gasteiger charge is 2.37.